The highest BCUT2D eigenvalue weighted by Crippen LogP contribution is 2.32. The van der Waals surface area contributed by atoms with E-state index in [0.29, 0.717) is 23.7 Å². The first-order valence-corrected chi connectivity index (χ1v) is 18.4. The van der Waals surface area contributed by atoms with Crippen LogP contribution in [0.3, 0.4) is 0 Å². The Morgan fingerprint density at radius 2 is 0.742 bits per heavy atom. The predicted octanol–water partition coefficient (Wildman–Crippen LogP) is 7.69. The third kappa shape index (κ3) is 17.2. The standard InChI is InChI=1S/C8H18O4Si.4C4H9.2Al/c1-7(2,3)11-13(9,10)12-8(4,5)6;4*1-4(2)3;;/h1-6H3;4*4H,1H2,2-3H3;;/q-2;;;;;2*+1. The molecule has 0 spiro atoms. The monoisotopic (exact) mass is 488 g/mol. The van der Waals surface area contributed by atoms with Crippen molar-refractivity contribution in [2.24, 2.45) is 23.7 Å². The molecule has 7 heteroatoms. The van der Waals surface area contributed by atoms with Gasteiger partial charge in [0.05, 0.1) is 11.2 Å². The van der Waals surface area contributed by atoms with Gasteiger partial charge in [-0.15, -0.1) is 0 Å². The summed E-state index contributed by atoms with van der Waals surface area (Å²) in [5.41, 5.74) is -0.776. The minimum Gasteiger partial charge on any atom is -0.482 e. The van der Waals surface area contributed by atoms with E-state index in [2.05, 4.69) is 96.9 Å². The van der Waals surface area contributed by atoms with Crippen molar-refractivity contribution >= 4 is 38.0 Å². The Balaban J connectivity index is 6.24. The summed E-state index contributed by atoms with van der Waals surface area (Å²) in [5, 5.41) is 4.49. The molecule has 0 saturated heterocycles. The topological polar surface area (TPSA) is 36.9 Å². The van der Waals surface area contributed by atoms with Crippen molar-refractivity contribution in [3.05, 3.63) is 0 Å². The highest BCUT2D eigenvalue weighted by Gasteiger charge is 2.54. The molecule has 0 aliphatic heterocycles. The minimum atomic E-state index is -3.34. The minimum absolute atomic E-state index is 0.388. The van der Waals surface area contributed by atoms with E-state index in [1.165, 1.54) is 0 Å². The van der Waals surface area contributed by atoms with Crippen molar-refractivity contribution in [2.45, 2.75) is 129 Å². The summed E-state index contributed by atoms with van der Waals surface area (Å²) in [5.74, 6) is 2.41. The van der Waals surface area contributed by atoms with Crippen molar-refractivity contribution in [1.29, 1.82) is 0 Å². The lowest BCUT2D eigenvalue weighted by atomic mass is 10.2. The van der Waals surface area contributed by atoms with Crippen molar-refractivity contribution in [3.63, 3.8) is 0 Å². The Morgan fingerprint density at radius 3 is 0.903 bits per heavy atom. The molecule has 0 fully saturated rings. The molecule has 0 atom stereocenters. The summed E-state index contributed by atoms with van der Waals surface area (Å²) in [6, 6.07) is 0. The molecule has 0 bridgehead atoms. The fourth-order valence-electron chi connectivity index (χ4n) is 3.79. The molecule has 0 amide bonds. The third-order valence-corrected chi connectivity index (χ3v) is 17.0. The highest BCUT2D eigenvalue weighted by molar-refractivity contribution is 6.73. The first-order chi connectivity index (χ1) is 13.8. The highest BCUT2D eigenvalue weighted by atomic mass is 28.4. The fraction of sp³-hybridized carbons (Fsp3) is 1.00. The summed E-state index contributed by atoms with van der Waals surface area (Å²) in [6.45, 7) is 30.9. The largest absolute Gasteiger partial charge is 0.620 e. The van der Waals surface area contributed by atoms with Gasteiger partial charge >= 0.3 is 38.0 Å². The zero-order valence-electron chi connectivity index (χ0n) is 23.4. The van der Waals surface area contributed by atoms with E-state index < -0.39 is 38.0 Å². The van der Waals surface area contributed by atoms with Gasteiger partial charge in [-0.25, -0.2) is 0 Å². The van der Waals surface area contributed by atoms with E-state index in [9.17, 15) is 0 Å². The normalized spacial score (nSPS) is 13.7. The lowest BCUT2D eigenvalue weighted by molar-refractivity contribution is -0.0643. The van der Waals surface area contributed by atoms with Crippen LogP contribution in [0.5, 0.6) is 0 Å². The van der Waals surface area contributed by atoms with Gasteiger partial charge in [0, 0.05) is 0 Å². The van der Waals surface area contributed by atoms with Gasteiger partial charge in [-0.3, -0.25) is 0 Å². The molecule has 0 aliphatic rings. The van der Waals surface area contributed by atoms with Crippen LogP contribution in [0.1, 0.15) is 96.9 Å². The van der Waals surface area contributed by atoms with Gasteiger partial charge in [0.15, 0.2) is 0 Å². The molecule has 0 saturated carbocycles. The Kier molecular flexibility index (Phi) is 14.4. The number of rotatable bonds is 14. The van der Waals surface area contributed by atoms with Gasteiger partial charge in [0.2, 0.25) is 0 Å². The summed E-state index contributed by atoms with van der Waals surface area (Å²) in [6.07, 6.45) is 0. The molecule has 0 unspecified atom stereocenters. The van der Waals surface area contributed by atoms with Crippen LogP contribution < -0.4 is 0 Å². The van der Waals surface area contributed by atoms with E-state index in [-0.39, 0.29) is 11.2 Å². The van der Waals surface area contributed by atoms with Crippen LogP contribution in [0.25, 0.3) is 0 Å². The van der Waals surface area contributed by atoms with Crippen LogP contribution >= 0.6 is 0 Å². The van der Waals surface area contributed by atoms with Crippen molar-refractivity contribution in [2.75, 3.05) is 0 Å². The van der Waals surface area contributed by atoms with Gasteiger partial charge in [0.1, 0.15) is 0 Å². The first kappa shape index (κ1) is 32.1. The number of hydrogen-bond donors (Lipinski definition) is 0. The maximum atomic E-state index is 7.05. The van der Waals surface area contributed by atoms with Gasteiger partial charge < -0.3 is 15.8 Å². The van der Waals surface area contributed by atoms with E-state index in [1.807, 2.05) is 0 Å². The van der Waals surface area contributed by atoms with Crippen LogP contribution in [0.15, 0.2) is 0 Å². The molecule has 0 N–H and O–H groups in total. The molecule has 0 aromatic carbocycles. The van der Waals surface area contributed by atoms with Crippen LogP contribution in [0.2, 0.25) is 21.1 Å². The van der Waals surface area contributed by atoms with E-state index >= 15 is 0 Å². The van der Waals surface area contributed by atoms with Crippen molar-refractivity contribution in [1.82, 2.24) is 0 Å². The quantitative estimate of drug-likeness (QED) is 0.235. The number of hydrogen-bond acceptors (Lipinski definition) is 4. The molecule has 0 heterocycles. The molecule has 0 aromatic rings. The third-order valence-electron chi connectivity index (χ3n) is 4.42. The Bertz CT molecular complexity index is 421. The lowest BCUT2D eigenvalue weighted by Gasteiger charge is -2.43. The van der Waals surface area contributed by atoms with Crippen LogP contribution in [-0.4, -0.2) is 49.2 Å². The molecule has 0 radical (unpaired) electrons. The van der Waals surface area contributed by atoms with Crippen LogP contribution in [-0.2, 0) is 15.8 Å². The van der Waals surface area contributed by atoms with Gasteiger partial charge in [0.25, 0.3) is 0 Å². The van der Waals surface area contributed by atoms with Gasteiger partial charge in [-0.2, -0.15) is 0 Å². The summed E-state index contributed by atoms with van der Waals surface area (Å²) >= 11 is -3.15. The zero-order chi connectivity index (χ0) is 24.6. The Morgan fingerprint density at radius 1 is 0.516 bits per heavy atom. The van der Waals surface area contributed by atoms with Gasteiger partial charge in [-0.1, -0.05) is 100 Å². The van der Waals surface area contributed by atoms with E-state index in [0.717, 1.165) is 21.1 Å². The van der Waals surface area contributed by atoms with E-state index in [4.69, 9.17) is 15.8 Å². The summed E-state index contributed by atoms with van der Waals surface area (Å²) < 4.78 is 27.6. The molecule has 31 heavy (non-hydrogen) atoms. The lowest BCUT2D eigenvalue weighted by Crippen LogP contribution is -2.61. The Hall–Kier alpha value is 1.12. The van der Waals surface area contributed by atoms with Crippen LogP contribution in [0.4, 0.5) is 0 Å². The fourth-order valence-corrected chi connectivity index (χ4v) is 16.2. The Labute approximate surface area is 206 Å². The van der Waals surface area contributed by atoms with Crippen molar-refractivity contribution < 1.29 is 15.8 Å². The van der Waals surface area contributed by atoms with Gasteiger partial charge in [-0.05, 0) is 41.5 Å². The molecule has 0 rings (SSSR count). The van der Waals surface area contributed by atoms with Crippen molar-refractivity contribution in [3.8, 4) is 0 Å². The molecular weight excluding hydrogens is 434 g/mol. The first-order valence-electron chi connectivity index (χ1n) is 12.6. The second-order valence-electron chi connectivity index (χ2n) is 12.9. The second kappa shape index (κ2) is 13.9. The summed E-state index contributed by atoms with van der Waals surface area (Å²) in [7, 11) is -3.34. The molecule has 4 nitrogen and oxygen atoms in total. The summed E-state index contributed by atoms with van der Waals surface area (Å²) in [4.78, 5) is 0. The molecule has 0 aromatic heterocycles. The smallest absolute Gasteiger partial charge is 0.482 e. The van der Waals surface area contributed by atoms with E-state index in [1.54, 1.807) is 0 Å². The zero-order valence-corrected chi connectivity index (χ0v) is 26.7. The average molecular weight is 489 g/mol. The SMILES string of the molecule is CC(C)[CH2][Al]([CH2]C(C)C)[O][Si]([O][Al]([CH2]C(C)C)[CH2]C(C)C)(OC(C)(C)C)OC(C)(C)C. The molecule has 184 valence electrons. The van der Waals surface area contributed by atoms with Crippen LogP contribution in [0, 0.1) is 23.7 Å². The molecule has 0 aliphatic carbocycles. The average Bonchev–Trinajstić information content (AvgIpc) is 2.38. The maximum absolute atomic E-state index is 7.05. The maximum Gasteiger partial charge on any atom is 0.620 e. The second-order valence-corrected chi connectivity index (χ2v) is 20.6. The molecular formula is C24H54Al2O4Si. The predicted molar refractivity (Wildman–Crippen MR) is 140 cm³/mol.